The maximum atomic E-state index is 11.5. The molecule has 0 saturated heterocycles. The third kappa shape index (κ3) is 5.30. The molecule has 3 aromatic rings. The summed E-state index contributed by atoms with van der Waals surface area (Å²) in [4.78, 5) is 20.5. The van der Waals surface area contributed by atoms with Crippen LogP contribution in [0, 0.1) is 12.3 Å². The second-order valence-corrected chi connectivity index (χ2v) is 7.19. The third-order valence-electron chi connectivity index (χ3n) is 4.94. The lowest BCUT2D eigenvalue weighted by atomic mass is 10.0. The summed E-state index contributed by atoms with van der Waals surface area (Å²) in [7, 11) is 0. The smallest absolute Gasteiger partial charge is 0.161 e. The zero-order chi connectivity index (χ0) is 22.4. The molecule has 0 aliphatic heterocycles. The van der Waals surface area contributed by atoms with Gasteiger partial charge in [-0.1, -0.05) is 24.3 Å². The van der Waals surface area contributed by atoms with Crippen LogP contribution in [0.2, 0.25) is 0 Å². The van der Waals surface area contributed by atoms with Crippen LogP contribution in [-0.4, -0.2) is 22.0 Å². The first-order valence-corrected chi connectivity index (χ1v) is 9.84. The van der Waals surface area contributed by atoms with E-state index in [1.54, 1.807) is 19.2 Å². The van der Waals surface area contributed by atoms with Crippen molar-refractivity contribution >= 4 is 35.2 Å². The van der Waals surface area contributed by atoms with Crippen LogP contribution >= 0.6 is 0 Å². The topological polar surface area (TPSA) is 105 Å². The summed E-state index contributed by atoms with van der Waals surface area (Å²) in [6, 6.07) is 15.4. The normalized spacial score (nSPS) is 11.8. The molecule has 0 aliphatic rings. The van der Waals surface area contributed by atoms with Crippen molar-refractivity contribution in [2.24, 2.45) is 5.73 Å². The van der Waals surface area contributed by atoms with E-state index in [1.165, 1.54) is 12.4 Å². The van der Waals surface area contributed by atoms with Crippen LogP contribution in [0.1, 0.15) is 30.5 Å². The number of anilines is 2. The first kappa shape index (κ1) is 21.6. The number of hydrogen-bond acceptors (Lipinski definition) is 6. The molecule has 6 nitrogen and oxygen atoms in total. The monoisotopic (exact) mass is 411 g/mol. The van der Waals surface area contributed by atoms with Crippen LogP contribution in [0.4, 0.5) is 11.5 Å². The van der Waals surface area contributed by atoms with Gasteiger partial charge in [0.15, 0.2) is 11.6 Å². The number of ketones is 1. The Morgan fingerprint density at radius 2 is 1.84 bits per heavy atom. The average molecular weight is 412 g/mol. The minimum atomic E-state index is 0.0618. The fraction of sp³-hybridized carbons (Fsp3) is 0.120. The molecule has 31 heavy (non-hydrogen) atoms. The second kappa shape index (κ2) is 9.63. The molecule has 6 heteroatoms. The van der Waals surface area contributed by atoms with Crippen LogP contribution in [0.25, 0.3) is 23.0 Å². The lowest BCUT2D eigenvalue weighted by Crippen LogP contribution is -1.98. The van der Waals surface area contributed by atoms with E-state index in [1.807, 2.05) is 62.4 Å². The van der Waals surface area contributed by atoms with Crippen molar-refractivity contribution < 1.29 is 4.79 Å². The highest BCUT2D eigenvalue weighted by atomic mass is 16.1. The van der Waals surface area contributed by atoms with E-state index in [2.05, 4.69) is 15.3 Å². The van der Waals surface area contributed by atoms with E-state index in [4.69, 9.17) is 11.1 Å². The highest BCUT2D eigenvalue weighted by molar-refractivity contribution is 6.08. The van der Waals surface area contributed by atoms with E-state index in [-0.39, 0.29) is 5.78 Å². The van der Waals surface area contributed by atoms with Gasteiger partial charge >= 0.3 is 0 Å². The van der Waals surface area contributed by atoms with E-state index in [0.717, 1.165) is 33.5 Å². The van der Waals surface area contributed by atoms with Gasteiger partial charge in [-0.2, -0.15) is 0 Å². The average Bonchev–Trinajstić information content (AvgIpc) is 2.77. The molecule has 2 aromatic carbocycles. The zero-order valence-electron chi connectivity index (χ0n) is 17.8. The maximum Gasteiger partial charge on any atom is 0.161 e. The van der Waals surface area contributed by atoms with Gasteiger partial charge in [0.1, 0.15) is 5.82 Å². The van der Waals surface area contributed by atoms with Gasteiger partial charge in [0.05, 0.1) is 0 Å². The molecule has 1 aromatic heterocycles. The minimum Gasteiger partial charge on any atom is -0.404 e. The van der Waals surface area contributed by atoms with Crippen LogP contribution in [0.3, 0.4) is 0 Å². The van der Waals surface area contributed by atoms with Gasteiger partial charge in [-0.05, 0) is 73.4 Å². The molecule has 0 unspecified atom stereocenters. The number of Topliss-reactive ketones (excluding diaryl/α,β-unsaturated/α-hetero) is 1. The SMILES string of the molecule is CC(=O)/C(C)=C/c1ccc(-c2nccc(Nc3ccc(C(C=N)=CN)cc3)n2)cc1C. The van der Waals surface area contributed by atoms with Gasteiger partial charge in [0.2, 0.25) is 0 Å². The number of nitrogens with two attached hydrogens (primary N) is 1. The summed E-state index contributed by atoms with van der Waals surface area (Å²) in [5, 5.41) is 10.7. The molecule has 4 N–H and O–H groups in total. The summed E-state index contributed by atoms with van der Waals surface area (Å²) < 4.78 is 0. The lowest BCUT2D eigenvalue weighted by molar-refractivity contribution is -0.113. The zero-order valence-corrected chi connectivity index (χ0v) is 17.8. The number of rotatable bonds is 7. The number of nitrogens with zero attached hydrogens (tertiary/aromatic N) is 2. The van der Waals surface area contributed by atoms with E-state index < -0.39 is 0 Å². The van der Waals surface area contributed by atoms with Crippen molar-refractivity contribution in [3.63, 3.8) is 0 Å². The van der Waals surface area contributed by atoms with E-state index >= 15 is 0 Å². The van der Waals surface area contributed by atoms with Crippen LogP contribution < -0.4 is 11.1 Å². The Kier molecular flexibility index (Phi) is 6.72. The molecule has 0 bridgehead atoms. The Morgan fingerprint density at radius 3 is 2.45 bits per heavy atom. The van der Waals surface area contributed by atoms with Gasteiger partial charge in [-0.15, -0.1) is 0 Å². The number of aryl methyl sites for hydroxylation is 1. The number of hydrogen-bond donors (Lipinski definition) is 3. The van der Waals surface area contributed by atoms with Gasteiger partial charge < -0.3 is 16.5 Å². The Bertz CT molecular complexity index is 1180. The van der Waals surface area contributed by atoms with Gasteiger partial charge in [-0.3, -0.25) is 4.79 Å². The quantitative estimate of drug-likeness (QED) is 0.369. The fourth-order valence-electron chi connectivity index (χ4n) is 3.00. The molecule has 0 radical (unpaired) electrons. The van der Waals surface area contributed by atoms with E-state index in [0.29, 0.717) is 17.2 Å². The minimum absolute atomic E-state index is 0.0618. The van der Waals surface area contributed by atoms with Crippen molar-refractivity contribution in [2.75, 3.05) is 5.32 Å². The number of nitrogens with one attached hydrogen (secondary N) is 2. The van der Waals surface area contributed by atoms with Crippen molar-refractivity contribution in [2.45, 2.75) is 20.8 Å². The van der Waals surface area contributed by atoms with Crippen LogP contribution in [-0.2, 0) is 4.79 Å². The molecule has 0 amide bonds. The highest BCUT2D eigenvalue weighted by Crippen LogP contribution is 2.23. The van der Waals surface area contributed by atoms with Crippen molar-refractivity contribution in [3.05, 3.63) is 83.2 Å². The van der Waals surface area contributed by atoms with Crippen molar-refractivity contribution in [3.8, 4) is 11.4 Å². The Balaban J connectivity index is 1.82. The molecular formula is C25H25N5O. The number of aromatic nitrogens is 2. The fourth-order valence-corrected chi connectivity index (χ4v) is 3.00. The molecule has 0 saturated carbocycles. The summed E-state index contributed by atoms with van der Waals surface area (Å²) in [5.74, 6) is 1.35. The summed E-state index contributed by atoms with van der Waals surface area (Å²) in [6.07, 6.45) is 6.25. The highest BCUT2D eigenvalue weighted by Gasteiger charge is 2.07. The molecule has 0 aliphatic carbocycles. The number of allylic oxidation sites excluding steroid dienone is 2. The Hall–Kier alpha value is -4.06. The predicted octanol–water partition coefficient (Wildman–Crippen LogP) is 5.14. The molecule has 156 valence electrons. The molecule has 0 atom stereocenters. The summed E-state index contributed by atoms with van der Waals surface area (Å²) >= 11 is 0. The van der Waals surface area contributed by atoms with Crippen LogP contribution in [0.5, 0.6) is 0 Å². The third-order valence-corrected chi connectivity index (χ3v) is 4.94. The van der Waals surface area contributed by atoms with Gasteiger partial charge in [-0.25, -0.2) is 9.97 Å². The Morgan fingerprint density at radius 1 is 1.10 bits per heavy atom. The Labute approximate surface area is 182 Å². The number of carbonyl (C=O) groups is 1. The molecule has 3 rings (SSSR count). The van der Waals surface area contributed by atoms with Gasteiger partial charge in [0, 0.05) is 35.4 Å². The first-order valence-electron chi connectivity index (χ1n) is 9.84. The van der Waals surface area contributed by atoms with Crippen molar-refractivity contribution in [1.82, 2.24) is 9.97 Å². The summed E-state index contributed by atoms with van der Waals surface area (Å²) in [6.45, 7) is 5.39. The number of benzene rings is 2. The number of carbonyl (C=O) groups excluding carboxylic acids is 1. The second-order valence-electron chi connectivity index (χ2n) is 7.19. The molecule has 0 fully saturated rings. The standard InChI is InChI=1S/C25H25N5O/c1-16(18(3)31)12-20-4-5-21(13-17(20)2)25-28-11-10-24(30-25)29-23-8-6-19(7-9-23)22(14-26)15-27/h4-15,26H,27H2,1-3H3,(H,28,29,30)/b16-12+,22-15?,26-14?. The van der Waals surface area contributed by atoms with Crippen LogP contribution in [0.15, 0.2) is 66.5 Å². The maximum absolute atomic E-state index is 11.5. The first-order chi connectivity index (χ1) is 14.9. The largest absolute Gasteiger partial charge is 0.404 e. The van der Waals surface area contributed by atoms with E-state index in [9.17, 15) is 4.79 Å². The molecular weight excluding hydrogens is 386 g/mol. The summed E-state index contributed by atoms with van der Waals surface area (Å²) in [5.41, 5.74) is 11.6. The molecule has 1 heterocycles. The molecule has 0 spiro atoms. The van der Waals surface area contributed by atoms with Crippen molar-refractivity contribution in [1.29, 1.82) is 5.41 Å². The van der Waals surface area contributed by atoms with Gasteiger partial charge in [0.25, 0.3) is 0 Å². The lowest BCUT2D eigenvalue weighted by Gasteiger charge is -2.09. The predicted molar refractivity (Wildman–Crippen MR) is 127 cm³/mol.